The van der Waals surface area contributed by atoms with Crippen molar-refractivity contribution in [1.82, 2.24) is 10.2 Å². The zero-order valence-electron chi connectivity index (χ0n) is 9.01. The number of carboxylic acid groups (broad SMARTS) is 1. The molecular weight excluding hydrogens is 223 g/mol. The van der Waals surface area contributed by atoms with E-state index in [0.29, 0.717) is 16.8 Å². The molecule has 0 atom stereocenters. The third kappa shape index (κ3) is 2.13. The Morgan fingerprint density at radius 1 is 1.29 bits per heavy atom. The zero-order valence-corrected chi connectivity index (χ0v) is 9.01. The first-order valence-corrected chi connectivity index (χ1v) is 4.92. The van der Waals surface area contributed by atoms with Gasteiger partial charge in [-0.2, -0.15) is 0 Å². The maximum Gasteiger partial charge on any atom is 0.356 e. The minimum atomic E-state index is -1.14. The average molecular weight is 232 g/mol. The van der Waals surface area contributed by atoms with Crippen molar-refractivity contribution in [1.29, 1.82) is 0 Å². The molecule has 0 fully saturated rings. The molecule has 17 heavy (non-hydrogen) atoms. The van der Waals surface area contributed by atoms with Crippen LogP contribution in [0.4, 0.5) is 4.39 Å². The van der Waals surface area contributed by atoms with E-state index in [1.807, 2.05) is 0 Å². The first-order chi connectivity index (χ1) is 8.09. The quantitative estimate of drug-likeness (QED) is 0.862. The minimum absolute atomic E-state index is 0.120. The normalized spacial score (nSPS) is 10.2. The van der Waals surface area contributed by atoms with Crippen molar-refractivity contribution in [3.8, 4) is 11.3 Å². The fraction of sp³-hybridized carbons (Fsp3) is 0.0833. The number of halogens is 1. The lowest BCUT2D eigenvalue weighted by Gasteiger charge is -2.04. The Balaban J connectivity index is 2.52. The van der Waals surface area contributed by atoms with E-state index in [9.17, 15) is 9.18 Å². The molecular formula is C12H9FN2O2. The topological polar surface area (TPSA) is 63.1 Å². The summed E-state index contributed by atoms with van der Waals surface area (Å²) in [6.45, 7) is 1.60. The van der Waals surface area contributed by atoms with Gasteiger partial charge < -0.3 is 5.11 Å². The molecule has 0 bridgehead atoms. The highest BCUT2D eigenvalue weighted by atomic mass is 19.1. The highest BCUT2D eigenvalue weighted by Crippen LogP contribution is 2.21. The van der Waals surface area contributed by atoms with E-state index in [1.165, 1.54) is 12.1 Å². The largest absolute Gasteiger partial charge is 0.476 e. The maximum atomic E-state index is 13.5. The van der Waals surface area contributed by atoms with Crippen LogP contribution in [0.5, 0.6) is 0 Å². The van der Waals surface area contributed by atoms with Crippen LogP contribution in [-0.2, 0) is 0 Å². The number of carbonyl (C=O) groups is 1. The second-order valence-electron chi connectivity index (χ2n) is 3.55. The van der Waals surface area contributed by atoms with Gasteiger partial charge in [0.1, 0.15) is 5.82 Å². The van der Waals surface area contributed by atoms with Crippen molar-refractivity contribution >= 4 is 5.97 Å². The summed E-state index contributed by atoms with van der Waals surface area (Å²) in [6.07, 6.45) is 0. The third-order valence-electron chi connectivity index (χ3n) is 2.34. The molecule has 0 aliphatic rings. The Kier molecular flexibility index (Phi) is 2.82. The summed E-state index contributed by atoms with van der Waals surface area (Å²) in [5.74, 6) is -1.56. The molecule has 0 saturated heterocycles. The molecule has 86 valence electrons. The minimum Gasteiger partial charge on any atom is -0.476 e. The Hall–Kier alpha value is -2.30. The van der Waals surface area contributed by atoms with E-state index in [4.69, 9.17) is 5.11 Å². The summed E-state index contributed by atoms with van der Waals surface area (Å²) < 4.78 is 13.5. The van der Waals surface area contributed by atoms with Gasteiger partial charge in [-0.15, -0.1) is 10.2 Å². The highest BCUT2D eigenvalue weighted by Gasteiger charge is 2.13. The number of benzene rings is 1. The lowest BCUT2D eigenvalue weighted by molar-refractivity contribution is 0.0688. The van der Waals surface area contributed by atoms with E-state index in [-0.39, 0.29) is 5.69 Å². The molecule has 4 nitrogen and oxygen atoms in total. The molecule has 0 spiro atoms. The zero-order chi connectivity index (χ0) is 12.4. The van der Waals surface area contributed by atoms with E-state index in [1.54, 1.807) is 25.1 Å². The number of hydrogen-bond acceptors (Lipinski definition) is 3. The smallest absolute Gasteiger partial charge is 0.356 e. The SMILES string of the molecule is Cc1cc(-c2ccccc2F)nnc1C(=O)O. The van der Waals surface area contributed by atoms with Gasteiger partial charge in [0, 0.05) is 5.56 Å². The van der Waals surface area contributed by atoms with Gasteiger partial charge in [0.05, 0.1) is 5.69 Å². The van der Waals surface area contributed by atoms with Crippen molar-refractivity contribution in [3.63, 3.8) is 0 Å². The van der Waals surface area contributed by atoms with Crippen LogP contribution in [0.2, 0.25) is 0 Å². The van der Waals surface area contributed by atoms with E-state index >= 15 is 0 Å². The van der Waals surface area contributed by atoms with Crippen LogP contribution in [0, 0.1) is 12.7 Å². The van der Waals surface area contributed by atoms with Crippen LogP contribution >= 0.6 is 0 Å². The molecule has 0 unspecified atom stereocenters. The third-order valence-corrected chi connectivity index (χ3v) is 2.34. The number of nitrogens with zero attached hydrogens (tertiary/aromatic N) is 2. The molecule has 0 aliphatic carbocycles. The first-order valence-electron chi connectivity index (χ1n) is 4.92. The van der Waals surface area contributed by atoms with Crippen LogP contribution < -0.4 is 0 Å². The average Bonchev–Trinajstić information content (AvgIpc) is 2.29. The Bertz CT molecular complexity index is 584. The fourth-order valence-electron chi connectivity index (χ4n) is 1.50. The molecule has 0 amide bonds. The van der Waals surface area contributed by atoms with Gasteiger partial charge in [-0.25, -0.2) is 9.18 Å². The van der Waals surface area contributed by atoms with Gasteiger partial charge >= 0.3 is 5.97 Å². The van der Waals surface area contributed by atoms with Gasteiger partial charge in [0.25, 0.3) is 0 Å². The highest BCUT2D eigenvalue weighted by molar-refractivity contribution is 5.87. The predicted molar refractivity (Wildman–Crippen MR) is 59.1 cm³/mol. The van der Waals surface area contributed by atoms with Crippen LogP contribution in [0.25, 0.3) is 11.3 Å². The van der Waals surface area contributed by atoms with Gasteiger partial charge in [-0.05, 0) is 30.7 Å². The van der Waals surface area contributed by atoms with E-state index in [0.717, 1.165) is 0 Å². The predicted octanol–water partition coefficient (Wildman–Crippen LogP) is 2.29. The summed E-state index contributed by atoms with van der Waals surface area (Å²) >= 11 is 0. The molecule has 0 aliphatic heterocycles. The summed E-state index contributed by atoms with van der Waals surface area (Å²) in [4.78, 5) is 10.8. The van der Waals surface area contributed by atoms with Crippen molar-refractivity contribution in [2.75, 3.05) is 0 Å². The number of aromatic carboxylic acids is 1. The Labute approximate surface area is 96.7 Å². The molecule has 1 heterocycles. The molecule has 5 heteroatoms. The second kappa shape index (κ2) is 4.29. The molecule has 1 N–H and O–H groups in total. The Morgan fingerprint density at radius 3 is 2.59 bits per heavy atom. The lowest BCUT2D eigenvalue weighted by Crippen LogP contribution is -2.06. The summed E-state index contributed by atoms with van der Waals surface area (Å²) in [6, 6.07) is 7.65. The molecule has 2 aromatic rings. The van der Waals surface area contributed by atoms with Crippen LogP contribution in [-0.4, -0.2) is 21.3 Å². The number of aromatic nitrogens is 2. The van der Waals surface area contributed by atoms with Gasteiger partial charge in [-0.1, -0.05) is 12.1 Å². The molecule has 2 rings (SSSR count). The summed E-state index contributed by atoms with van der Waals surface area (Å²) in [5, 5.41) is 16.1. The van der Waals surface area contributed by atoms with Gasteiger partial charge in [0.15, 0.2) is 5.69 Å². The lowest BCUT2D eigenvalue weighted by atomic mass is 10.1. The molecule has 1 aromatic carbocycles. The van der Waals surface area contributed by atoms with Crippen molar-refractivity contribution in [2.45, 2.75) is 6.92 Å². The van der Waals surface area contributed by atoms with Crippen molar-refractivity contribution < 1.29 is 14.3 Å². The second-order valence-corrected chi connectivity index (χ2v) is 3.55. The fourth-order valence-corrected chi connectivity index (χ4v) is 1.50. The van der Waals surface area contributed by atoms with E-state index in [2.05, 4.69) is 10.2 Å². The molecule has 1 aromatic heterocycles. The van der Waals surface area contributed by atoms with E-state index < -0.39 is 11.8 Å². The van der Waals surface area contributed by atoms with Crippen LogP contribution in [0.1, 0.15) is 16.1 Å². The van der Waals surface area contributed by atoms with Crippen molar-refractivity contribution in [2.24, 2.45) is 0 Å². The van der Waals surface area contributed by atoms with Gasteiger partial charge in [0.2, 0.25) is 0 Å². The maximum absolute atomic E-state index is 13.5. The number of aryl methyl sites for hydroxylation is 1. The summed E-state index contributed by atoms with van der Waals surface area (Å²) in [7, 11) is 0. The standard InChI is InChI=1S/C12H9FN2O2/c1-7-6-10(14-15-11(7)12(16)17)8-4-2-3-5-9(8)13/h2-6H,1H3,(H,16,17). The summed E-state index contributed by atoms with van der Waals surface area (Å²) in [5.41, 5.74) is 0.960. The Morgan fingerprint density at radius 2 is 2.00 bits per heavy atom. The monoisotopic (exact) mass is 232 g/mol. The number of rotatable bonds is 2. The van der Waals surface area contributed by atoms with Crippen molar-refractivity contribution in [3.05, 3.63) is 47.4 Å². The van der Waals surface area contributed by atoms with Gasteiger partial charge in [-0.3, -0.25) is 0 Å². The molecule has 0 radical (unpaired) electrons. The van der Waals surface area contributed by atoms with Crippen LogP contribution in [0.15, 0.2) is 30.3 Å². The number of carboxylic acids is 1. The van der Waals surface area contributed by atoms with Crippen LogP contribution in [0.3, 0.4) is 0 Å². The number of hydrogen-bond donors (Lipinski definition) is 1. The molecule has 0 saturated carbocycles. The first kappa shape index (κ1) is 11.2.